The number of nitrogens with zero attached hydrogens (tertiary/aromatic N) is 3. The molecule has 0 radical (unpaired) electrons. The van der Waals surface area contributed by atoms with Crippen molar-refractivity contribution >= 4 is 17.8 Å². The molecule has 1 aromatic carbocycles. The van der Waals surface area contributed by atoms with E-state index in [1.807, 2.05) is 35.2 Å². The van der Waals surface area contributed by atoms with Gasteiger partial charge in [0.1, 0.15) is 6.04 Å². The van der Waals surface area contributed by atoms with E-state index in [4.69, 9.17) is 5.73 Å². The summed E-state index contributed by atoms with van der Waals surface area (Å²) in [7, 11) is 0. The zero-order chi connectivity index (χ0) is 17.6. The van der Waals surface area contributed by atoms with E-state index >= 15 is 0 Å². The van der Waals surface area contributed by atoms with Crippen LogP contribution in [0.5, 0.6) is 0 Å². The molecule has 1 atom stereocenters. The molecule has 0 saturated carbocycles. The van der Waals surface area contributed by atoms with Crippen LogP contribution in [0.15, 0.2) is 48.8 Å². The molecule has 2 amide bonds. The number of primary amides is 1. The number of rotatable bonds is 5. The van der Waals surface area contributed by atoms with E-state index in [0.29, 0.717) is 31.9 Å². The average Bonchev–Trinajstić information content (AvgIpc) is 2.64. The highest BCUT2D eigenvalue weighted by atomic mass is 16.2. The van der Waals surface area contributed by atoms with Crippen LogP contribution in [0.25, 0.3) is 0 Å². The van der Waals surface area contributed by atoms with Crippen molar-refractivity contribution in [3.63, 3.8) is 0 Å². The summed E-state index contributed by atoms with van der Waals surface area (Å²) < 4.78 is 0. The lowest BCUT2D eigenvalue weighted by Gasteiger charge is -2.35. The van der Waals surface area contributed by atoms with E-state index < -0.39 is 6.04 Å². The molecule has 0 unspecified atom stereocenters. The maximum absolute atomic E-state index is 12.3. The summed E-state index contributed by atoms with van der Waals surface area (Å²) in [5.74, 6) is -0.258. The van der Waals surface area contributed by atoms with Gasteiger partial charge in [-0.1, -0.05) is 30.3 Å². The van der Waals surface area contributed by atoms with E-state index in [-0.39, 0.29) is 17.7 Å². The molecule has 7 heteroatoms. The number of carbonyl (C=O) groups excluding carboxylic acids is 2. The minimum atomic E-state index is -0.456. The summed E-state index contributed by atoms with van der Waals surface area (Å²) in [4.78, 5) is 34.3. The van der Waals surface area contributed by atoms with Crippen molar-refractivity contribution in [3.8, 4) is 0 Å². The molecule has 1 saturated heterocycles. The fourth-order valence-electron chi connectivity index (χ4n) is 3.19. The van der Waals surface area contributed by atoms with E-state index in [0.717, 1.165) is 5.56 Å². The van der Waals surface area contributed by atoms with Gasteiger partial charge < -0.3 is 5.73 Å². The highest BCUT2D eigenvalue weighted by Gasteiger charge is 2.32. The largest absolute Gasteiger partial charge is 0.368 e. The van der Waals surface area contributed by atoms with Crippen LogP contribution in [0.2, 0.25) is 0 Å². The Hall–Kier alpha value is -2.80. The lowest BCUT2D eigenvalue weighted by molar-refractivity contribution is -0.125. The Balaban J connectivity index is 1.60. The van der Waals surface area contributed by atoms with Gasteiger partial charge in [-0.2, -0.15) is 0 Å². The van der Waals surface area contributed by atoms with E-state index in [9.17, 15) is 9.59 Å². The van der Waals surface area contributed by atoms with Crippen LogP contribution in [0.1, 0.15) is 24.4 Å². The Morgan fingerprint density at radius 2 is 1.72 bits per heavy atom. The van der Waals surface area contributed by atoms with Gasteiger partial charge in [0.05, 0.1) is 0 Å². The fraction of sp³-hybridized carbons (Fsp3) is 0.333. The lowest BCUT2D eigenvalue weighted by atomic mass is 9.93. The summed E-state index contributed by atoms with van der Waals surface area (Å²) in [6, 6.07) is 10.7. The Kier molecular flexibility index (Phi) is 5.35. The Labute approximate surface area is 146 Å². The van der Waals surface area contributed by atoms with Gasteiger partial charge in [0.2, 0.25) is 17.8 Å². The van der Waals surface area contributed by atoms with Crippen molar-refractivity contribution in [2.45, 2.75) is 18.9 Å². The number of aromatic nitrogens is 2. The SMILES string of the molecule is NC(=O)[C@@H](c1ccccc1)N1CCC(C(=O)Nc2ncccn2)CC1. The van der Waals surface area contributed by atoms with Gasteiger partial charge in [0.25, 0.3) is 0 Å². The lowest BCUT2D eigenvalue weighted by Crippen LogP contribution is -2.44. The molecule has 2 aromatic rings. The summed E-state index contributed by atoms with van der Waals surface area (Å²) in [6.07, 6.45) is 4.50. The van der Waals surface area contributed by atoms with Crippen LogP contribution in [-0.2, 0) is 9.59 Å². The molecule has 130 valence electrons. The monoisotopic (exact) mass is 339 g/mol. The number of hydrogen-bond acceptors (Lipinski definition) is 5. The summed E-state index contributed by atoms with van der Waals surface area (Å²) in [6.45, 7) is 1.27. The van der Waals surface area contributed by atoms with E-state index in [1.165, 1.54) is 0 Å². The van der Waals surface area contributed by atoms with Crippen molar-refractivity contribution in [2.24, 2.45) is 11.7 Å². The number of nitrogens with one attached hydrogen (secondary N) is 1. The van der Waals surface area contributed by atoms with Gasteiger partial charge >= 0.3 is 0 Å². The Morgan fingerprint density at radius 1 is 1.08 bits per heavy atom. The highest BCUT2D eigenvalue weighted by molar-refractivity contribution is 5.91. The minimum Gasteiger partial charge on any atom is -0.368 e. The molecule has 0 aliphatic carbocycles. The van der Waals surface area contributed by atoms with Crippen LogP contribution < -0.4 is 11.1 Å². The molecule has 2 heterocycles. The number of piperidine rings is 1. The Bertz CT molecular complexity index is 715. The highest BCUT2D eigenvalue weighted by Crippen LogP contribution is 2.27. The topological polar surface area (TPSA) is 101 Å². The summed E-state index contributed by atoms with van der Waals surface area (Å²) in [5, 5.41) is 2.74. The number of anilines is 1. The van der Waals surface area contributed by atoms with Crippen LogP contribution in [0, 0.1) is 5.92 Å². The van der Waals surface area contributed by atoms with Gasteiger partial charge in [-0.25, -0.2) is 9.97 Å². The maximum Gasteiger partial charge on any atom is 0.239 e. The first-order chi connectivity index (χ1) is 12.1. The second-order valence-corrected chi connectivity index (χ2v) is 6.09. The van der Waals surface area contributed by atoms with Crippen molar-refractivity contribution in [2.75, 3.05) is 18.4 Å². The number of nitrogens with two attached hydrogens (primary N) is 1. The van der Waals surface area contributed by atoms with Crippen LogP contribution in [0.4, 0.5) is 5.95 Å². The second-order valence-electron chi connectivity index (χ2n) is 6.09. The predicted molar refractivity (Wildman–Crippen MR) is 93.3 cm³/mol. The normalized spacial score (nSPS) is 17.0. The smallest absolute Gasteiger partial charge is 0.239 e. The first kappa shape index (κ1) is 17.0. The van der Waals surface area contributed by atoms with Crippen molar-refractivity contribution in [1.82, 2.24) is 14.9 Å². The Morgan fingerprint density at radius 3 is 2.32 bits per heavy atom. The molecule has 1 aliphatic heterocycles. The molecule has 1 fully saturated rings. The number of hydrogen-bond donors (Lipinski definition) is 2. The molecule has 0 bridgehead atoms. The number of carbonyl (C=O) groups is 2. The zero-order valence-corrected chi connectivity index (χ0v) is 13.8. The summed E-state index contributed by atoms with van der Waals surface area (Å²) >= 11 is 0. The van der Waals surface area contributed by atoms with Gasteiger partial charge in [0.15, 0.2) is 0 Å². The van der Waals surface area contributed by atoms with Gasteiger partial charge in [-0.3, -0.25) is 19.8 Å². The standard InChI is InChI=1S/C18H21N5O2/c19-16(24)15(13-5-2-1-3-6-13)23-11-7-14(8-12-23)17(25)22-18-20-9-4-10-21-18/h1-6,9-10,14-15H,7-8,11-12H2,(H2,19,24)(H,20,21,22,25)/t15-/m1/s1. The molecule has 1 aromatic heterocycles. The third-order valence-electron chi connectivity index (χ3n) is 4.45. The maximum atomic E-state index is 12.3. The molecular weight excluding hydrogens is 318 g/mol. The van der Waals surface area contributed by atoms with Crippen LogP contribution in [-0.4, -0.2) is 39.8 Å². The van der Waals surface area contributed by atoms with Crippen molar-refractivity contribution in [1.29, 1.82) is 0 Å². The van der Waals surface area contributed by atoms with Crippen molar-refractivity contribution < 1.29 is 9.59 Å². The summed E-state index contributed by atoms with van der Waals surface area (Å²) in [5.41, 5.74) is 6.50. The third-order valence-corrected chi connectivity index (χ3v) is 4.45. The second kappa shape index (κ2) is 7.85. The quantitative estimate of drug-likeness (QED) is 0.856. The number of benzene rings is 1. The van der Waals surface area contributed by atoms with Crippen LogP contribution >= 0.6 is 0 Å². The van der Waals surface area contributed by atoms with Gasteiger partial charge in [-0.15, -0.1) is 0 Å². The molecule has 25 heavy (non-hydrogen) atoms. The predicted octanol–water partition coefficient (Wildman–Crippen LogP) is 1.35. The van der Waals surface area contributed by atoms with E-state index in [2.05, 4.69) is 15.3 Å². The molecule has 3 rings (SSSR count). The molecule has 1 aliphatic rings. The first-order valence-electron chi connectivity index (χ1n) is 8.31. The van der Waals surface area contributed by atoms with Gasteiger partial charge in [-0.05, 0) is 37.6 Å². The average molecular weight is 339 g/mol. The first-order valence-corrected chi connectivity index (χ1v) is 8.31. The zero-order valence-electron chi connectivity index (χ0n) is 13.8. The third kappa shape index (κ3) is 4.19. The number of amides is 2. The molecule has 7 nitrogen and oxygen atoms in total. The molecule has 3 N–H and O–H groups in total. The molecular formula is C18H21N5O2. The van der Waals surface area contributed by atoms with Crippen molar-refractivity contribution in [3.05, 3.63) is 54.4 Å². The fourth-order valence-corrected chi connectivity index (χ4v) is 3.19. The number of likely N-dealkylation sites (tertiary alicyclic amines) is 1. The minimum absolute atomic E-state index is 0.0822. The van der Waals surface area contributed by atoms with E-state index in [1.54, 1.807) is 18.5 Å². The van der Waals surface area contributed by atoms with Gasteiger partial charge in [0, 0.05) is 18.3 Å². The molecule has 0 spiro atoms. The van der Waals surface area contributed by atoms with Crippen LogP contribution in [0.3, 0.4) is 0 Å².